The average molecular weight is 438 g/mol. The van der Waals surface area contributed by atoms with Gasteiger partial charge in [0.1, 0.15) is 6.54 Å². The normalized spacial score (nSPS) is 14.2. The van der Waals surface area contributed by atoms with Crippen molar-refractivity contribution in [2.45, 2.75) is 38.1 Å². The summed E-state index contributed by atoms with van der Waals surface area (Å²) in [7, 11) is 0. The number of fused-ring (bicyclic) bond motifs is 2. The van der Waals surface area contributed by atoms with E-state index in [1.807, 2.05) is 42.7 Å². The summed E-state index contributed by atoms with van der Waals surface area (Å²) in [5.74, 6) is -0.395. The van der Waals surface area contributed by atoms with Crippen LogP contribution < -0.4 is 0 Å². The van der Waals surface area contributed by atoms with Crippen LogP contribution in [-0.2, 0) is 16.1 Å². The van der Waals surface area contributed by atoms with E-state index >= 15 is 0 Å². The molecule has 0 spiro atoms. The number of carbonyl (C=O) groups excluding carboxylic acids is 3. The Kier molecular flexibility index (Phi) is 6.08. The molecule has 0 bridgehead atoms. The SMILES string of the molecule is CCC(C)OC(=O)Cn1c(SCCN2C(=O)c3ccccc3C2=O)nc2ccccc21. The van der Waals surface area contributed by atoms with Gasteiger partial charge < -0.3 is 9.30 Å². The summed E-state index contributed by atoms with van der Waals surface area (Å²) < 4.78 is 7.26. The molecule has 160 valence electrons. The molecular weight excluding hydrogens is 414 g/mol. The third kappa shape index (κ3) is 4.20. The van der Waals surface area contributed by atoms with Gasteiger partial charge in [-0.05, 0) is 37.6 Å². The Bertz CT molecular complexity index is 1120. The van der Waals surface area contributed by atoms with E-state index in [2.05, 4.69) is 4.98 Å². The van der Waals surface area contributed by atoms with E-state index in [9.17, 15) is 14.4 Å². The topological polar surface area (TPSA) is 81.5 Å². The number of hydrogen-bond acceptors (Lipinski definition) is 6. The molecule has 31 heavy (non-hydrogen) atoms. The maximum absolute atomic E-state index is 12.5. The van der Waals surface area contributed by atoms with Crippen LogP contribution >= 0.6 is 11.8 Å². The van der Waals surface area contributed by atoms with Crippen molar-refractivity contribution in [1.82, 2.24) is 14.5 Å². The molecule has 3 aromatic rings. The van der Waals surface area contributed by atoms with Crippen molar-refractivity contribution in [3.05, 3.63) is 59.7 Å². The minimum Gasteiger partial charge on any atom is -0.461 e. The minimum absolute atomic E-state index is 0.0558. The number of aromatic nitrogens is 2. The van der Waals surface area contributed by atoms with Crippen molar-refractivity contribution in [1.29, 1.82) is 0 Å². The summed E-state index contributed by atoms with van der Waals surface area (Å²) in [5.41, 5.74) is 2.50. The largest absolute Gasteiger partial charge is 0.461 e. The molecule has 1 aliphatic heterocycles. The molecule has 2 aromatic carbocycles. The van der Waals surface area contributed by atoms with E-state index in [-0.39, 0.29) is 37.0 Å². The van der Waals surface area contributed by atoms with Gasteiger partial charge in [-0.1, -0.05) is 43.0 Å². The first kappa shape index (κ1) is 21.1. The van der Waals surface area contributed by atoms with Gasteiger partial charge in [-0.25, -0.2) is 4.98 Å². The standard InChI is InChI=1S/C23H23N3O4S/c1-3-15(2)30-20(27)14-26-19-11-7-6-10-18(19)24-23(26)31-13-12-25-21(28)16-8-4-5-9-17(16)22(25)29/h4-11,15H,3,12-14H2,1-2H3. The lowest BCUT2D eigenvalue weighted by molar-refractivity contribution is -0.149. The van der Waals surface area contributed by atoms with Crippen molar-refractivity contribution in [2.24, 2.45) is 0 Å². The van der Waals surface area contributed by atoms with Crippen molar-refractivity contribution in [2.75, 3.05) is 12.3 Å². The molecule has 2 amide bonds. The number of nitrogens with zero attached hydrogens (tertiary/aromatic N) is 3. The molecule has 1 aliphatic rings. The van der Waals surface area contributed by atoms with Gasteiger partial charge in [-0.2, -0.15) is 0 Å². The van der Waals surface area contributed by atoms with E-state index in [4.69, 9.17) is 4.74 Å². The van der Waals surface area contributed by atoms with E-state index < -0.39 is 0 Å². The molecule has 0 N–H and O–H groups in total. The van der Waals surface area contributed by atoms with Gasteiger partial charge in [0.15, 0.2) is 5.16 Å². The Morgan fingerprint density at radius 3 is 2.39 bits per heavy atom. The first-order chi connectivity index (χ1) is 15.0. The number of thioether (sulfide) groups is 1. The van der Waals surface area contributed by atoms with Crippen LogP contribution in [-0.4, -0.2) is 50.6 Å². The first-order valence-corrected chi connectivity index (χ1v) is 11.2. The van der Waals surface area contributed by atoms with Crippen molar-refractivity contribution < 1.29 is 19.1 Å². The number of para-hydroxylation sites is 2. The summed E-state index contributed by atoms with van der Waals surface area (Å²) in [6.07, 6.45) is 0.602. The number of imide groups is 1. The second-order valence-corrected chi connectivity index (χ2v) is 8.40. The van der Waals surface area contributed by atoms with Crippen LogP contribution in [0.5, 0.6) is 0 Å². The molecule has 7 nitrogen and oxygen atoms in total. The number of esters is 1. The smallest absolute Gasteiger partial charge is 0.326 e. The highest BCUT2D eigenvalue weighted by molar-refractivity contribution is 7.99. The molecule has 1 unspecified atom stereocenters. The van der Waals surface area contributed by atoms with Gasteiger partial charge in [0.05, 0.1) is 28.3 Å². The van der Waals surface area contributed by atoms with Crippen molar-refractivity contribution in [3.8, 4) is 0 Å². The summed E-state index contributed by atoms with van der Waals surface area (Å²) in [5, 5.41) is 0.652. The molecule has 1 aromatic heterocycles. The van der Waals surface area contributed by atoms with Crippen LogP contribution in [0.3, 0.4) is 0 Å². The molecule has 0 aliphatic carbocycles. The lowest BCUT2D eigenvalue weighted by atomic mass is 10.1. The van der Waals surface area contributed by atoms with Crippen molar-refractivity contribution in [3.63, 3.8) is 0 Å². The Morgan fingerprint density at radius 1 is 1.06 bits per heavy atom. The lowest BCUT2D eigenvalue weighted by Gasteiger charge is -2.14. The second kappa shape index (κ2) is 8.93. The highest BCUT2D eigenvalue weighted by atomic mass is 32.2. The van der Waals surface area contributed by atoms with Crippen molar-refractivity contribution >= 4 is 40.6 Å². The third-order valence-electron chi connectivity index (χ3n) is 5.24. The van der Waals surface area contributed by atoms with Gasteiger partial charge in [-0.15, -0.1) is 0 Å². The summed E-state index contributed by atoms with van der Waals surface area (Å²) in [6.45, 7) is 4.14. The quantitative estimate of drug-likeness (QED) is 0.303. The zero-order chi connectivity index (χ0) is 22.0. The molecule has 8 heteroatoms. The number of amides is 2. The number of hydrogen-bond donors (Lipinski definition) is 0. The number of rotatable bonds is 8. The number of imidazole rings is 1. The van der Waals surface area contributed by atoms with Gasteiger partial charge >= 0.3 is 5.97 Å². The lowest BCUT2D eigenvalue weighted by Crippen LogP contribution is -2.31. The van der Waals surface area contributed by atoms with Gasteiger partial charge in [-0.3, -0.25) is 19.3 Å². The van der Waals surface area contributed by atoms with Crippen LogP contribution in [0.1, 0.15) is 41.0 Å². The van der Waals surface area contributed by atoms with E-state index in [1.165, 1.54) is 16.7 Å². The maximum atomic E-state index is 12.5. The van der Waals surface area contributed by atoms with Gasteiger partial charge in [0.2, 0.25) is 0 Å². The maximum Gasteiger partial charge on any atom is 0.326 e. The Morgan fingerprint density at radius 2 is 1.71 bits per heavy atom. The molecule has 1 atom stereocenters. The predicted molar refractivity (Wildman–Crippen MR) is 118 cm³/mol. The predicted octanol–water partition coefficient (Wildman–Crippen LogP) is 3.77. The zero-order valence-electron chi connectivity index (χ0n) is 17.4. The Labute approximate surface area is 184 Å². The summed E-state index contributed by atoms with van der Waals surface area (Å²) >= 11 is 1.41. The van der Waals surface area contributed by atoms with E-state index in [0.717, 1.165) is 17.5 Å². The fraction of sp³-hybridized carbons (Fsp3) is 0.304. The molecular formula is C23H23N3O4S. The molecule has 0 saturated heterocycles. The average Bonchev–Trinajstić information content (AvgIpc) is 3.24. The zero-order valence-corrected chi connectivity index (χ0v) is 18.2. The fourth-order valence-corrected chi connectivity index (χ4v) is 4.40. The van der Waals surface area contributed by atoms with Crippen LogP contribution in [0, 0.1) is 0 Å². The van der Waals surface area contributed by atoms with Gasteiger partial charge in [0.25, 0.3) is 11.8 Å². The summed E-state index contributed by atoms with van der Waals surface area (Å²) in [4.78, 5) is 43.4. The number of carbonyl (C=O) groups is 3. The van der Waals surface area contributed by atoms with Crippen LogP contribution in [0.25, 0.3) is 11.0 Å². The van der Waals surface area contributed by atoms with E-state index in [1.54, 1.807) is 24.3 Å². The summed E-state index contributed by atoms with van der Waals surface area (Å²) in [6, 6.07) is 14.4. The van der Waals surface area contributed by atoms with Crippen LogP contribution in [0.4, 0.5) is 0 Å². The molecule has 0 fully saturated rings. The highest BCUT2D eigenvalue weighted by Crippen LogP contribution is 2.26. The molecule has 4 rings (SSSR count). The number of ether oxygens (including phenoxy) is 1. The third-order valence-corrected chi connectivity index (χ3v) is 6.20. The first-order valence-electron chi connectivity index (χ1n) is 10.2. The second-order valence-electron chi connectivity index (χ2n) is 7.33. The Hall–Kier alpha value is -3.13. The minimum atomic E-state index is -0.320. The molecule has 2 heterocycles. The monoisotopic (exact) mass is 437 g/mol. The highest BCUT2D eigenvalue weighted by Gasteiger charge is 2.34. The molecule has 0 radical (unpaired) electrons. The number of benzene rings is 2. The molecule has 0 saturated carbocycles. The Balaban J connectivity index is 1.48. The van der Waals surface area contributed by atoms with Gasteiger partial charge in [0, 0.05) is 12.3 Å². The fourth-order valence-electron chi connectivity index (χ4n) is 3.46. The van der Waals surface area contributed by atoms with Crippen LogP contribution in [0.2, 0.25) is 0 Å². The van der Waals surface area contributed by atoms with Crippen LogP contribution in [0.15, 0.2) is 53.7 Å². The van der Waals surface area contributed by atoms with E-state index in [0.29, 0.717) is 22.0 Å².